The monoisotopic (exact) mass is 428 g/mol. The van der Waals surface area contributed by atoms with Gasteiger partial charge in [0.1, 0.15) is 6.54 Å². The van der Waals surface area contributed by atoms with E-state index < -0.39 is 0 Å². The number of hydrogen-bond acceptors (Lipinski definition) is 4. The van der Waals surface area contributed by atoms with Crippen LogP contribution in [0.5, 0.6) is 0 Å². The maximum atomic E-state index is 11.6. The average Bonchev–Trinajstić information content (AvgIpc) is 3.28. The van der Waals surface area contributed by atoms with E-state index in [9.17, 15) is 4.79 Å². The highest BCUT2D eigenvalue weighted by atomic mass is 127. The van der Waals surface area contributed by atoms with Crippen molar-refractivity contribution in [2.45, 2.75) is 18.9 Å². The number of carbonyl (C=O) groups excluding carboxylic acids is 1. The van der Waals surface area contributed by atoms with Gasteiger partial charge in [0.2, 0.25) is 5.91 Å². The molecule has 0 bridgehead atoms. The largest absolute Gasteiger partial charge is 0.383 e. The molecule has 0 heterocycles. The minimum Gasteiger partial charge on any atom is -0.383 e. The van der Waals surface area contributed by atoms with Gasteiger partial charge in [0.05, 0.1) is 19.3 Å². The minimum atomic E-state index is -0.0300. The maximum Gasteiger partial charge on any atom is 0.243 e. The number of nitrogens with zero attached hydrogens (tertiary/aromatic N) is 2. The van der Waals surface area contributed by atoms with Crippen LogP contribution < -0.4 is 10.6 Å². The molecule has 1 fully saturated rings. The summed E-state index contributed by atoms with van der Waals surface area (Å²) >= 11 is 0. The standard InChI is InChI=1S/C14H28N4O3.HI/c1-18(2)13(19)9-16-14(15-7-8-20-3)17-12(10-21-4)11-5-6-11;/h11-12H,5-10H2,1-4H3,(H2,15,16,17);1H. The number of aliphatic imine (C=N–C) groups is 1. The second kappa shape index (κ2) is 11.9. The van der Waals surface area contributed by atoms with E-state index in [-0.39, 0.29) is 42.5 Å². The fraction of sp³-hybridized carbons (Fsp3) is 0.857. The molecule has 2 N–H and O–H groups in total. The van der Waals surface area contributed by atoms with E-state index in [1.165, 1.54) is 17.7 Å². The van der Waals surface area contributed by atoms with Crippen LogP contribution >= 0.6 is 24.0 Å². The van der Waals surface area contributed by atoms with Crippen molar-refractivity contribution in [3.8, 4) is 0 Å². The third-order valence-corrected chi connectivity index (χ3v) is 3.33. The molecule has 7 nitrogen and oxygen atoms in total. The third kappa shape index (κ3) is 8.74. The molecule has 1 amide bonds. The Bertz CT molecular complexity index is 349. The first kappa shape index (κ1) is 21.4. The Kier molecular flexibility index (Phi) is 11.6. The van der Waals surface area contributed by atoms with Gasteiger partial charge < -0.3 is 25.0 Å². The number of methoxy groups -OCH3 is 2. The number of carbonyl (C=O) groups is 1. The summed E-state index contributed by atoms with van der Waals surface area (Å²) in [7, 11) is 6.80. The molecule has 0 radical (unpaired) electrons. The lowest BCUT2D eigenvalue weighted by Crippen LogP contribution is -2.47. The highest BCUT2D eigenvalue weighted by Crippen LogP contribution is 2.32. The molecule has 0 spiro atoms. The Morgan fingerprint density at radius 1 is 1.32 bits per heavy atom. The summed E-state index contributed by atoms with van der Waals surface area (Å²) in [6.45, 7) is 1.99. The average molecular weight is 428 g/mol. The van der Waals surface area contributed by atoms with E-state index in [4.69, 9.17) is 9.47 Å². The number of hydrogen-bond donors (Lipinski definition) is 2. The van der Waals surface area contributed by atoms with Gasteiger partial charge in [-0.3, -0.25) is 4.79 Å². The zero-order valence-corrected chi connectivity index (χ0v) is 16.3. The van der Waals surface area contributed by atoms with Gasteiger partial charge in [-0.25, -0.2) is 4.99 Å². The molecule has 1 unspecified atom stereocenters. The van der Waals surface area contributed by atoms with Crippen LogP contribution in [0.3, 0.4) is 0 Å². The van der Waals surface area contributed by atoms with Crippen molar-refractivity contribution in [3.63, 3.8) is 0 Å². The van der Waals surface area contributed by atoms with Crippen LogP contribution in [0.2, 0.25) is 0 Å². The summed E-state index contributed by atoms with van der Waals surface area (Å²) in [5.74, 6) is 1.23. The van der Waals surface area contributed by atoms with Crippen LogP contribution in [0.15, 0.2) is 4.99 Å². The van der Waals surface area contributed by atoms with Crippen molar-refractivity contribution in [2.24, 2.45) is 10.9 Å². The van der Waals surface area contributed by atoms with E-state index in [1.807, 2.05) is 0 Å². The van der Waals surface area contributed by atoms with Gasteiger partial charge in [-0.15, -0.1) is 24.0 Å². The van der Waals surface area contributed by atoms with Crippen LogP contribution in [0.1, 0.15) is 12.8 Å². The van der Waals surface area contributed by atoms with E-state index in [0.29, 0.717) is 31.6 Å². The second-order valence-corrected chi connectivity index (χ2v) is 5.42. The van der Waals surface area contributed by atoms with E-state index >= 15 is 0 Å². The number of likely N-dealkylation sites (N-methyl/N-ethyl adjacent to an activating group) is 1. The van der Waals surface area contributed by atoms with Crippen molar-refractivity contribution in [2.75, 3.05) is 54.6 Å². The molecule has 1 aliphatic carbocycles. The molecule has 8 heteroatoms. The van der Waals surface area contributed by atoms with Gasteiger partial charge in [-0.05, 0) is 18.8 Å². The first-order valence-corrected chi connectivity index (χ1v) is 7.31. The normalized spacial score (nSPS) is 15.7. The fourth-order valence-electron chi connectivity index (χ4n) is 1.86. The Morgan fingerprint density at radius 3 is 2.50 bits per heavy atom. The van der Waals surface area contributed by atoms with E-state index in [0.717, 1.165) is 0 Å². The molecule has 1 rings (SSSR count). The van der Waals surface area contributed by atoms with Crippen molar-refractivity contribution in [3.05, 3.63) is 0 Å². The van der Waals surface area contributed by atoms with Gasteiger partial charge in [0.25, 0.3) is 0 Å². The number of guanidine groups is 1. The van der Waals surface area contributed by atoms with Crippen LogP contribution in [0.25, 0.3) is 0 Å². The molecule has 130 valence electrons. The van der Waals surface area contributed by atoms with E-state index in [1.54, 1.807) is 28.3 Å². The fourth-order valence-corrected chi connectivity index (χ4v) is 1.86. The topological polar surface area (TPSA) is 75.2 Å². The Morgan fingerprint density at radius 2 is 2.00 bits per heavy atom. The molecule has 0 aliphatic heterocycles. The third-order valence-electron chi connectivity index (χ3n) is 3.33. The zero-order chi connectivity index (χ0) is 15.7. The lowest BCUT2D eigenvalue weighted by atomic mass is 10.2. The first-order valence-electron chi connectivity index (χ1n) is 7.31. The molecule has 0 aromatic rings. The Balaban J connectivity index is 0.00000441. The summed E-state index contributed by atoms with van der Waals surface area (Å²) < 4.78 is 10.3. The highest BCUT2D eigenvalue weighted by Gasteiger charge is 2.31. The van der Waals surface area contributed by atoms with Crippen LogP contribution in [-0.2, 0) is 14.3 Å². The van der Waals surface area contributed by atoms with E-state index in [2.05, 4.69) is 15.6 Å². The van der Waals surface area contributed by atoms with Gasteiger partial charge in [0.15, 0.2) is 5.96 Å². The smallest absolute Gasteiger partial charge is 0.243 e. The molecule has 1 aliphatic rings. The SMILES string of the molecule is COCCNC(=NCC(=O)N(C)C)NC(COC)C1CC1.I. The lowest BCUT2D eigenvalue weighted by molar-refractivity contribution is -0.127. The summed E-state index contributed by atoms with van der Waals surface area (Å²) in [4.78, 5) is 17.5. The summed E-state index contributed by atoms with van der Waals surface area (Å²) in [5, 5.41) is 6.53. The molecule has 1 saturated carbocycles. The summed E-state index contributed by atoms with van der Waals surface area (Å²) in [6, 6.07) is 0.234. The molecular weight excluding hydrogens is 399 g/mol. The van der Waals surface area contributed by atoms with Crippen LogP contribution in [0.4, 0.5) is 0 Å². The van der Waals surface area contributed by atoms with Gasteiger partial charge in [-0.2, -0.15) is 0 Å². The summed E-state index contributed by atoms with van der Waals surface area (Å²) in [6.07, 6.45) is 2.42. The molecule has 0 saturated heterocycles. The van der Waals surface area contributed by atoms with Gasteiger partial charge >= 0.3 is 0 Å². The lowest BCUT2D eigenvalue weighted by Gasteiger charge is -2.21. The highest BCUT2D eigenvalue weighted by molar-refractivity contribution is 14.0. The molecule has 1 atom stereocenters. The minimum absolute atomic E-state index is 0. The summed E-state index contributed by atoms with van der Waals surface area (Å²) in [5.41, 5.74) is 0. The van der Waals surface area contributed by atoms with Crippen molar-refractivity contribution in [1.29, 1.82) is 0 Å². The maximum absolute atomic E-state index is 11.6. The predicted octanol–water partition coefficient (Wildman–Crippen LogP) is 0.299. The molecule has 0 aromatic heterocycles. The molecule has 22 heavy (non-hydrogen) atoms. The van der Waals surface area contributed by atoms with Crippen molar-refractivity contribution in [1.82, 2.24) is 15.5 Å². The number of halogens is 1. The van der Waals surface area contributed by atoms with Crippen LogP contribution in [0, 0.1) is 5.92 Å². The molecular formula is C14H29IN4O3. The second-order valence-electron chi connectivity index (χ2n) is 5.42. The Hall–Kier alpha value is -0.610. The zero-order valence-electron chi connectivity index (χ0n) is 13.9. The number of rotatable bonds is 9. The first-order chi connectivity index (χ1) is 10.1. The molecule has 0 aromatic carbocycles. The van der Waals surface area contributed by atoms with Crippen molar-refractivity contribution < 1.29 is 14.3 Å². The number of amides is 1. The quantitative estimate of drug-likeness (QED) is 0.239. The van der Waals surface area contributed by atoms with Gasteiger partial charge in [0, 0.05) is 34.9 Å². The predicted molar refractivity (Wildman–Crippen MR) is 97.8 cm³/mol. The Labute approximate surface area is 150 Å². The van der Waals surface area contributed by atoms with Crippen molar-refractivity contribution >= 4 is 35.8 Å². The van der Waals surface area contributed by atoms with Gasteiger partial charge in [-0.1, -0.05) is 0 Å². The number of ether oxygens (including phenoxy) is 2. The van der Waals surface area contributed by atoms with Crippen LogP contribution in [-0.4, -0.2) is 77.4 Å². The number of nitrogens with one attached hydrogen (secondary N) is 2.